The first-order valence-corrected chi connectivity index (χ1v) is 8.03. The molecule has 0 spiro atoms. The van der Waals surface area contributed by atoms with Crippen LogP contribution >= 0.6 is 0 Å². The Morgan fingerprint density at radius 2 is 2.08 bits per heavy atom. The molecule has 1 aromatic rings. The first-order valence-electron chi connectivity index (χ1n) is 8.03. The van der Waals surface area contributed by atoms with Crippen LogP contribution in [0.1, 0.15) is 10.4 Å². The Morgan fingerprint density at radius 1 is 1.38 bits per heavy atom. The Morgan fingerprint density at radius 3 is 2.71 bits per heavy atom. The monoisotopic (exact) mass is 340 g/mol. The summed E-state index contributed by atoms with van der Waals surface area (Å²) in [7, 11) is 3.29. The summed E-state index contributed by atoms with van der Waals surface area (Å²) in [5.74, 6) is -0.806. The van der Waals surface area contributed by atoms with Gasteiger partial charge in [0, 0.05) is 38.7 Å². The van der Waals surface area contributed by atoms with Gasteiger partial charge in [-0.1, -0.05) is 6.07 Å². The molecule has 2 atom stereocenters. The number of ether oxygens (including phenoxy) is 1. The lowest BCUT2D eigenvalue weighted by Gasteiger charge is -2.23. The zero-order valence-corrected chi connectivity index (χ0v) is 14.1. The lowest BCUT2D eigenvalue weighted by molar-refractivity contribution is 0.0770. The van der Waals surface area contributed by atoms with Crippen molar-refractivity contribution in [2.24, 2.45) is 11.8 Å². The van der Waals surface area contributed by atoms with Crippen LogP contribution in [0.2, 0.25) is 0 Å². The zero-order chi connectivity index (χ0) is 17.7. The van der Waals surface area contributed by atoms with Crippen molar-refractivity contribution in [2.45, 2.75) is 0 Å². The number of methoxy groups -OCH3 is 1. The summed E-state index contributed by atoms with van der Waals surface area (Å²) in [6, 6.07) is 4.29. The molecule has 0 aliphatic carbocycles. The second-order valence-corrected chi connectivity index (χ2v) is 6.22. The molecule has 0 radical (unpaired) electrons. The lowest BCUT2D eigenvalue weighted by atomic mass is 9.96. The summed E-state index contributed by atoms with van der Waals surface area (Å²) < 4.78 is 19.2. The normalized spacial score (nSPS) is 20.7. The van der Waals surface area contributed by atoms with E-state index in [1.54, 1.807) is 11.0 Å². The van der Waals surface area contributed by atoms with E-state index in [0.29, 0.717) is 26.2 Å². The lowest BCUT2D eigenvalue weighted by Crippen LogP contribution is -2.33. The first-order chi connectivity index (χ1) is 11.5. The van der Waals surface area contributed by atoms with Crippen LogP contribution in [-0.4, -0.2) is 79.5 Å². The van der Waals surface area contributed by atoms with E-state index in [2.05, 4.69) is 0 Å². The van der Waals surface area contributed by atoms with E-state index in [1.165, 1.54) is 19.2 Å². The smallest absolute Gasteiger partial charge is 0.260 e. The minimum atomic E-state index is -0.610. The second kappa shape index (κ2) is 8.41. The van der Waals surface area contributed by atoms with E-state index in [-0.39, 0.29) is 36.4 Å². The van der Waals surface area contributed by atoms with Gasteiger partial charge in [0.15, 0.2) is 0 Å². The molecule has 2 N–H and O–H groups in total. The van der Waals surface area contributed by atoms with Crippen LogP contribution in [0.25, 0.3) is 0 Å². The molecular formula is C17H25FN2O4. The molecule has 1 aromatic carbocycles. The van der Waals surface area contributed by atoms with E-state index in [9.17, 15) is 14.3 Å². The van der Waals surface area contributed by atoms with E-state index in [1.807, 2.05) is 11.9 Å². The number of nitrogens with zero attached hydrogens (tertiary/aromatic N) is 2. The van der Waals surface area contributed by atoms with Gasteiger partial charge >= 0.3 is 0 Å². The molecule has 0 unspecified atom stereocenters. The number of benzene rings is 1. The van der Waals surface area contributed by atoms with Crippen LogP contribution in [0.5, 0.6) is 5.75 Å². The van der Waals surface area contributed by atoms with Crippen LogP contribution < -0.4 is 4.74 Å². The third-order valence-corrected chi connectivity index (χ3v) is 4.54. The van der Waals surface area contributed by atoms with Gasteiger partial charge in [0.1, 0.15) is 17.1 Å². The van der Waals surface area contributed by atoms with Crippen LogP contribution in [0.4, 0.5) is 4.39 Å². The third-order valence-electron chi connectivity index (χ3n) is 4.54. The van der Waals surface area contributed by atoms with E-state index >= 15 is 0 Å². The number of aliphatic hydroxyl groups is 2. The predicted molar refractivity (Wildman–Crippen MR) is 87.5 cm³/mol. The van der Waals surface area contributed by atoms with Crippen molar-refractivity contribution in [3.8, 4) is 5.75 Å². The SMILES string of the molecule is COc1cccc(F)c1C(=O)N1C[C@@H](CN(C)CCO)[C@@H](CO)C1. The fourth-order valence-electron chi connectivity index (χ4n) is 3.22. The van der Waals surface area contributed by atoms with Gasteiger partial charge in [0.2, 0.25) is 0 Å². The highest BCUT2D eigenvalue weighted by atomic mass is 19.1. The van der Waals surface area contributed by atoms with Crippen molar-refractivity contribution >= 4 is 5.91 Å². The van der Waals surface area contributed by atoms with Gasteiger partial charge < -0.3 is 24.7 Å². The van der Waals surface area contributed by atoms with E-state index in [4.69, 9.17) is 9.84 Å². The van der Waals surface area contributed by atoms with Gasteiger partial charge in [-0.15, -0.1) is 0 Å². The van der Waals surface area contributed by atoms with E-state index in [0.717, 1.165) is 0 Å². The molecule has 1 saturated heterocycles. The number of aliphatic hydroxyl groups excluding tert-OH is 2. The largest absolute Gasteiger partial charge is 0.496 e. The van der Waals surface area contributed by atoms with Crippen molar-refractivity contribution in [1.82, 2.24) is 9.80 Å². The van der Waals surface area contributed by atoms with Crippen LogP contribution in [0, 0.1) is 17.7 Å². The van der Waals surface area contributed by atoms with Crippen molar-refractivity contribution in [2.75, 3.05) is 53.6 Å². The number of carbonyl (C=O) groups is 1. The van der Waals surface area contributed by atoms with Crippen LogP contribution in [0.15, 0.2) is 18.2 Å². The highest BCUT2D eigenvalue weighted by Gasteiger charge is 2.37. The Hall–Kier alpha value is -1.70. The topological polar surface area (TPSA) is 73.2 Å². The van der Waals surface area contributed by atoms with Gasteiger partial charge in [-0.3, -0.25) is 4.79 Å². The van der Waals surface area contributed by atoms with Crippen molar-refractivity contribution < 1.29 is 24.1 Å². The standard InChI is InChI=1S/C17H25FN2O4/c1-19(6-7-21)8-12-9-20(10-13(12)11-22)17(23)16-14(18)4-3-5-15(16)24-2/h3-5,12-13,21-22H,6-11H2,1-2H3/t12-,13-/m1/s1. The van der Waals surface area contributed by atoms with Gasteiger partial charge in [-0.05, 0) is 25.1 Å². The number of halogens is 1. The molecule has 0 saturated carbocycles. The minimum Gasteiger partial charge on any atom is -0.496 e. The molecule has 7 heteroatoms. The quantitative estimate of drug-likeness (QED) is 0.753. The molecular weight excluding hydrogens is 315 g/mol. The van der Waals surface area contributed by atoms with Crippen LogP contribution in [0.3, 0.4) is 0 Å². The van der Waals surface area contributed by atoms with Crippen molar-refractivity contribution in [3.05, 3.63) is 29.6 Å². The number of carbonyl (C=O) groups excluding carboxylic acids is 1. The van der Waals surface area contributed by atoms with Crippen molar-refractivity contribution in [3.63, 3.8) is 0 Å². The maximum atomic E-state index is 14.1. The average Bonchev–Trinajstić information content (AvgIpc) is 2.97. The van der Waals surface area contributed by atoms with Gasteiger partial charge in [0.25, 0.3) is 5.91 Å². The molecule has 0 bridgehead atoms. The summed E-state index contributed by atoms with van der Waals surface area (Å²) in [6.07, 6.45) is 0. The Balaban J connectivity index is 2.14. The van der Waals surface area contributed by atoms with Crippen LogP contribution in [-0.2, 0) is 0 Å². The number of hydrogen-bond donors (Lipinski definition) is 2. The molecule has 134 valence electrons. The number of likely N-dealkylation sites (N-methyl/N-ethyl adjacent to an activating group) is 1. The Bertz CT molecular complexity index is 570. The number of amides is 1. The number of rotatable bonds is 7. The summed E-state index contributed by atoms with van der Waals surface area (Å²) in [4.78, 5) is 16.3. The predicted octanol–water partition coefficient (Wildman–Crippen LogP) is 0.439. The number of likely N-dealkylation sites (tertiary alicyclic amines) is 1. The molecule has 1 fully saturated rings. The molecule has 2 rings (SSSR count). The fraction of sp³-hybridized carbons (Fsp3) is 0.588. The maximum Gasteiger partial charge on any atom is 0.260 e. The fourth-order valence-corrected chi connectivity index (χ4v) is 3.22. The van der Waals surface area contributed by atoms with E-state index < -0.39 is 11.7 Å². The van der Waals surface area contributed by atoms with Gasteiger partial charge in [-0.25, -0.2) is 4.39 Å². The highest BCUT2D eigenvalue weighted by molar-refractivity contribution is 5.97. The molecule has 0 aromatic heterocycles. The first kappa shape index (κ1) is 18.6. The van der Waals surface area contributed by atoms with Crippen molar-refractivity contribution in [1.29, 1.82) is 0 Å². The van der Waals surface area contributed by atoms with Gasteiger partial charge in [-0.2, -0.15) is 0 Å². The maximum absolute atomic E-state index is 14.1. The summed E-state index contributed by atoms with van der Waals surface area (Å²) in [5, 5.41) is 18.6. The summed E-state index contributed by atoms with van der Waals surface area (Å²) >= 11 is 0. The van der Waals surface area contributed by atoms with Gasteiger partial charge in [0.05, 0.1) is 13.7 Å². The highest BCUT2D eigenvalue weighted by Crippen LogP contribution is 2.29. The molecule has 6 nitrogen and oxygen atoms in total. The molecule has 1 aliphatic rings. The minimum absolute atomic E-state index is 0.0319. The Labute approximate surface area is 141 Å². The zero-order valence-electron chi connectivity index (χ0n) is 14.1. The summed E-state index contributed by atoms with van der Waals surface area (Å²) in [6.45, 7) is 2.04. The molecule has 1 heterocycles. The number of hydrogen-bond acceptors (Lipinski definition) is 5. The average molecular weight is 340 g/mol. The molecule has 1 amide bonds. The molecule has 24 heavy (non-hydrogen) atoms. The third kappa shape index (κ3) is 4.03. The Kier molecular flexibility index (Phi) is 6.53. The second-order valence-electron chi connectivity index (χ2n) is 6.22. The summed E-state index contributed by atoms with van der Waals surface area (Å²) in [5.41, 5.74) is -0.0685. The molecule has 1 aliphatic heterocycles.